The molecule has 34 heavy (non-hydrogen) atoms. The highest BCUT2D eigenvalue weighted by molar-refractivity contribution is 7.99. The maximum Gasteiger partial charge on any atom is 0.426 e. The minimum Gasteiger partial charge on any atom is -0.373 e. The molecule has 0 saturated heterocycles. The van der Waals surface area contributed by atoms with Crippen LogP contribution < -0.4 is 16.0 Å². The zero-order chi connectivity index (χ0) is 24.9. The molecule has 178 valence electrons. The van der Waals surface area contributed by atoms with Gasteiger partial charge >= 0.3 is 12.2 Å². The number of carbonyl (C=O) groups is 2. The maximum absolute atomic E-state index is 12.8. The van der Waals surface area contributed by atoms with Crippen molar-refractivity contribution < 1.29 is 27.9 Å². The van der Waals surface area contributed by atoms with Crippen LogP contribution in [0.5, 0.6) is 0 Å². The standard InChI is InChI=1S/C23H19ClF3N3O3S/c1-22(33,23(25,26)27)20(31)30-19-12-11-17(13-18(19)24)34-16-9-7-15(8-10-16)29-21(32)28-14-5-3-2-4-6-14/h2-13,33H,1H3,(H,30,31)(H2,28,29,32). The molecule has 3 aromatic rings. The van der Waals surface area contributed by atoms with Gasteiger partial charge in [-0.3, -0.25) is 4.79 Å². The average Bonchev–Trinajstić information content (AvgIpc) is 2.76. The van der Waals surface area contributed by atoms with Crippen LogP contribution >= 0.6 is 23.4 Å². The van der Waals surface area contributed by atoms with Gasteiger partial charge in [-0.25, -0.2) is 4.79 Å². The molecule has 4 N–H and O–H groups in total. The number of hydrogen-bond acceptors (Lipinski definition) is 4. The fourth-order valence-corrected chi connectivity index (χ4v) is 3.74. The maximum atomic E-state index is 12.8. The van der Waals surface area contributed by atoms with Gasteiger partial charge in [0.1, 0.15) is 0 Å². The number of halogens is 4. The molecule has 3 amide bonds. The minimum atomic E-state index is -5.14. The second kappa shape index (κ2) is 10.4. The van der Waals surface area contributed by atoms with Crippen LogP contribution in [0.25, 0.3) is 0 Å². The van der Waals surface area contributed by atoms with Gasteiger partial charge in [0.25, 0.3) is 5.91 Å². The number of para-hydroxylation sites is 1. The van der Waals surface area contributed by atoms with Gasteiger partial charge in [-0.2, -0.15) is 13.2 Å². The summed E-state index contributed by atoms with van der Waals surface area (Å²) in [6.07, 6.45) is -5.14. The first-order valence-electron chi connectivity index (χ1n) is 9.77. The van der Waals surface area contributed by atoms with E-state index >= 15 is 0 Å². The number of carbonyl (C=O) groups excluding carboxylic acids is 2. The predicted molar refractivity (Wildman–Crippen MR) is 126 cm³/mol. The van der Waals surface area contributed by atoms with E-state index < -0.39 is 17.7 Å². The van der Waals surface area contributed by atoms with Gasteiger partial charge in [0.2, 0.25) is 5.60 Å². The number of benzene rings is 3. The molecule has 0 aliphatic carbocycles. The third kappa shape index (κ3) is 6.43. The first kappa shape index (κ1) is 25.4. The van der Waals surface area contributed by atoms with Crippen LogP contribution in [-0.2, 0) is 4.79 Å². The molecular formula is C23H19ClF3N3O3S. The quantitative estimate of drug-likeness (QED) is 0.310. The van der Waals surface area contributed by atoms with Crippen LogP contribution in [-0.4, -0.2) is 28.8 Å². The Kier molecular flexibility index (Phi) is 7.75. The van der Waals surface area contributed by atoms with Gasteiger partial charge in [0, 0.05) is 21.2 Å². The van der Waals surface area contributed by atoms with E-state index in [0.29, 0.717) is 23.2 Å². The predicted octanol–water partition coefficient (Wildman–Crippen LogP) is 6.39. The molecule has 0 bridgehead atoms. The van der Waals surface area contributed by atoms with E-state index in [9.17, 15) is 27.9 Å². The highest BCUT2D eigenvalue weighted by Gasteiger charge is 2.55. The highest BCUT2D eigenvalue weighted by atomic mass is 35.5. The summed E-state index contributed by atoms with van der Waals surface area (Å²) in [5.41, 5.74) is -2.39. The second-order valence-corrected chi connectivity index (χ2v) is 8.79. The van der Waals surface area contributed by atoms with E-state index in [1.165, 1.54) is 23.9 Å². The van der Waals surface area contributed by atoms with Crippen molar-refractivity contribution in [3.05, 3.63) is 77.8 Å². The number of anilines is 3. The molecule has 0 saturated carbocycles. The first-order chi connectivity index (χ1) is 16.0. The summed E-state index contributed by atoms with van der Waals surface area (Å²) in [5.74, 6) is -1.64. The number of amides is 3. The summed E-state index contributed by atoms with van der Waals surface area (Å²) in [7, 11) is 0. The van der Waals surface area contributed by atoms with Crippen molar-refractivity contribution in [2.45, 2.75) is 28.5 Å². The number of nitrogens with one attached hydrogen (secondary N) is 3. The summed E-state index contributed by atoms with van der Waals surface area (Å²) >= 11 is 7.42. The lowest BCUT2D eigenvalue weighted by molar-refractivity contribution is -0.242. The van der Waals surface area contributed by atoms with Crippen LogP contribution in [0, 0.1) is 0 Å². The van der Waals surface area contributed by atoms with Gasteiger partial charge in [-0.05, 0) is 61.5 Å². The molecular weight excluding hydrogens is 491 g/mol. The van der Waals surface area contributed by atoms with Gasteiger partial charge in [0.15, 0.2) is 0 Å². The van der Waals surface area contributed by atoms with E-state index in [4.69, 9.17) is 11.6 Å². The summed E-state index contributed by atoms with van der Waals surface area (Å²) in [5, 5.41) is 16.9. The molecule has 0 spiro atoms. The van der Waals surface area contributed by atoms with Crippen LogP contribution in [0.2, 0.25) is 5.02 Å². The van der Waals surface area contributed by atoms with E-state index in [-0.39, 0.29) is 16.7 Å². The van der Waals surface area contributed by atoms with Crippen LogP contribution in [0.1, 0.15) is 6.92 Å². The molecule has 11 heteroatoms. The number of urea groups is 1. The fourth-order valence-electron chi connectivity index (χ4n) is 2.59. The molecule has 3 rings (SSSR count). The van der Waals surface area contributed by atoms with Crippen molar-refractivity contribution in [1.82, 2.24) is 0 Å². The molecule has 0 aliphatic heterocycles. The normalized spacial score (nSPS) is 13.0. The Morgan fingerprint density at radius 3 is 1.97 bits per heavy atom. The first-order valence-corrected chi connectivity index (χ1v) is 11.0. The Bertz CT molecular complexity index is 1170. The number of aliphatic hydroxyl groups is 1. The van der Waals surface area contributed by atoms with Crippen molar-refractivity contribution in [1.29, 1.82) is 0 Å². The second-order valence-electron chi connectivity index (χ2n) is 7.24. The average molecular weight is 510 g/mol. The lowest BCUT2D eigenvalue weighted by Gasteiger charge is -2.25. The monoisotopic (exact) mass is 509 g/mol. The fraction of sp³-hybridized carbons (Fsp3) is 0.130. The molecule has 0 fully saturated rings. The van der Waals surface area contributed by atoms with Crippen molar-refractivity contribution >= 4 is 52.4 Å². The van der Waals surface area contributed by atoms with Crippen LogP contribution in [0.4, 0.5) is 35.0 Å². The van der Waals surface area contributed by atoms with Gasteiger partial charge in [-0.15, -0.1) is 0 Å². The summed E-state index contributed by atoms with van der Waals surface area (Å²) < 4.78 is 38.4. The van der Waals surface area contributed by atoms with Gasteiger partial charge in [-0.1, -0.05) is 41.6 Å². The number of hydrogen-bond donors (Lipinski definition) is 4. The number of rotatable bonds is 6. The molecule has 1 atom stereocenters. The van der Waals surface area contributed by atoms with Gasteiger partial charge < -0.3 is 21.1 Å². The Hall–Kier alpha value is -3.21. The van der Waals surface area contributed by atoms with E-state index in [2.05, 4.69) is 10.6 Å². The third-order valence-corrected chi connectivity index (χ3v) is 5.87. The molecule has 3 aromatic carbocycles. The Morgan fingerprint density at radius 1 is 0.853 bits per heavy atom. The van der Waals surface area contributed by atoms with E-state index in [0.717, 1.165) is 4.90 Å². The van der Waals surface area contributed by atoms with Crippen molar-refractivity contribution in [3.8, 4) is 0 Å². The Labute approximate surface area is 202 Å². The summed E-state index contributed by atoms with van der Waals surface area (Å²) in [6.45, 7) is 0.365. The van der Waals surface area contributed by atoms with E-state index in [1.54, 1.807) is 54.6 Å². The lowest BCUT2D eigenvalue weighted by Crippen LogP contribution is -2.52. The summed E-state index contributed by atoms with van der Waals surface area (Å²) in [4.78, 5) is 25.4. The van der Waals surface area contributed by atoms with Crippen molar-refractivity contribution in [2.24, 2.45) is 0 Å². The molecule has 0 heterocycles. The largest absolute Gasteiger partial charge is 0.426 e. The SMILES string of the molecule is CC(O)(C(=O)Nc1ccc(Sc2ccc(NC(=O)Nc3ccccc3)cc2)cc1Cl)C(F)(F)F. The zero-order valence-electron chi connectivity index (χ0n) is 17.6. The lowest BCUT2D eigenvalue weighted by atomic mass is 10.1. The zero-order valence-corrected chi connectivity index (χ0v) is 19.2. The Morgan fingerprint density at radius 2 is 1.41 bits per heavy atom. The topological polar surface area (TPSA) is 90.5 Å². The third-order valence-electron chi connectivity index (χ3n) is 4.56. The molecule has 6 nitrogen and oxygen atoms in total. The smallest absolute Gasteiger partial charge is 0.373 e. The molecule has 0 radical (unpaired) electrons. The van der Waals surface area contributed by atoms with Crippen LogP contribution in [0.3, 0.4) is 0 Å². The summed E-state index contributed by atoms with van der Waals surface area (Å²) in [6, 6.07) is 19.9. The molecule has 0 aliphatic rings. The molecule has 0 aromatic heterocycles. The van der Waals surface area contributed by atoms with Crippen molar-refractivity contribution in [2.75, 3.05) is 16.0 Å². The van der Waals surface area contributed by atoms with Crippen LogP contribution in [0.15, 0.2) is 82.6 Å². The van der Waals surface area contributed by atoms with Gasteiger partial charge in [0.05, 0.1) is 10.7 Å². The minimum absolute atomic E-state index is 0.00666. The van der Waals surface area contributed by atoms with Crippen molar-refractivity contribution in [3.63, 3.8) is 0 Å². The number of alkyl halides is 3. The molecule has 1 unspecified atom stereocenters. The Balaban J connectivity index is 1.60. The highest BCUT2D eigenvalue weighted by Crippen LogP contribution is 2.35. The van der Waals surface area contributed by atoms with E-state index in [1.807, 2.05) is 11.4 Å².